The number of amides is 2. The minimum absolute atomic E-state index is 0.0337. The zero-order chi connectivity index (χ0) is 20.3. The van der Waals surface area contributed by atoms with Crippen molar-refractivity contribution in [3.05, 3.63) is 71.0 Å². The molecule has 0 atom stereocenters. The third-order valence-corrected chi connectivity index (χ3v) is 5.20. The van der Waals surface area contributed by atoms with Crippen molar-refractivity contribution < 1.29 is 14.0 Å². The highest BCUT2D eigenvalue weighted by Crippen LogP contribution is 2.22. The summed E-state index contributed by atoms with van der Waals surface area (Å²) < 4.78 is 13.3. The molecule has 0 bridgehead atoms. The molecule has 0 saturated carbocycles. The molecule has 28 heavy (non-hydrogen) atoms. The summed E-state index contributed by atoms with van der Waals surface area (Å²) in [6, 6.07) is 13.5. The number of carbonyl (C=O) groups excluding carboxylic acids is 2. The summed E-state index contributed by atoms with van der Waals surface area (Å²) >= 11 is 0. The summed E-state index contributed by atoms with van der Waals surface area (Å²) in [5, 5.41) is 3.06. The van der Waals surface area contributed by atoms with E-state index in [1.165, 1.54) is 17.7 Å². The quantitative estimate of drug-likeness (QED) is 0.867. The Kier molecular flexibility index (Phi) is 5.82. The van der Waals surface area contributed by atoms with Crippen LogP contribution in [0.4, 0.5) is 4.39 Å². The molecule has 0 radical (unpaired) electrons. The van der Waals surface area contributed by atoms with Crippen LogP contribution in [0.1, 0.15) is 59.9 Å². The Hall–Kier alpha value is -2.69. The molecule has 148 valence electrons. The highest BCUT2D eigenvalue weighted by molar-refractivity contribution is 5.95. The molecule has 1 aliphatic rings. The van der Waals surface area contributed by atoms with E-state index in [0.717, 1.165) is 0 Å². The standard InChI is InChI=1S/C23H27FN2O2/c1-23(2,3)18-9-7-16(8-10-18)21(27)25-20-11-13-26(14-12-20)22(28)17-5-4-6-19(24)15-17/h4-10,15,20H,11-14H2,1-3H3,(H,25,27). The van der Waals surface area contributed by atoms with Crippen LogP contribution in [0.15, 0.2) is 48.5 Å². The number of likely N-dealkylation sites (tertiary alicyclic amines) is 1. The molecule has 4 nitrogen and oxygen atoms in total. The van der Waals surface area contributed by atoms with E-state index in [9.17, 15) is 14.0 Å². The van der Waals surface area contributed by atoms with Crippen LogP contribution >= 0.6 is 0 Å². The van der Waals surface area contributed by atoms with E-state index in [2.05, 4.69) is 26.1 Å². The van der Waals surface area contributed by atoms with E-state index in [0.29, 0.717) is 37.1 Å². The third kappa shape index (κ3) is 4.77. The Labute approximate surface area is 165 Å². The van der Waals surface area contributed by atoms with Gasteiger partial charge in [0.15, 0.2) is 0 Å². The minimum Gasteiger partial charge on any atom is -0.349 e. The van der Waals surface area contributed by atoms with Gasteiger partial charge in [-0.1, -0.05) is 39.0 Å². The second-order valence-electron chi connectivity index (χ2n) is 8.38. The maximum atomic E-state index is 13.3. The van der Waals surface area contributed by atoms with Crippen molar-refractivity contribution in [2.75, 3.05) is 13.1 Å². The second kappa shape index (κ2) is 8.13. The molecular formula is C23H27FN2O2. The number of nitrogens with one attached hydrogen (secondary N) is 1. The van der Waals surface area contributed by atoms with Crippen LogP contribution in [0.3, 0.4) is 0 Å². The lowest BCUT2D eigenvalue weighted by atomic mass is 9.86. The van der Waals surface area contributed by atoms with E-state index in [-0.39, 0.29) is 23.3 Å². The first-order valence-corrected chi connectivity index (χ1v) is 9.70. The molecule has 0 unspecified atom stereocenters. The smallest absolute Gasteiger partial charge is 0.253 e. The normalized spacial score (nSPS) is 15.4. The van der Waals surface area contributed by atoms with Crippen LogP contribution in [0.25, 0.3) is 0 Å². The average molecular weight is 382 g/mol. The number of carbonyl (C=O) groups is 2. The molecule has 1 heterocycles. The van der Waals surface area contributed by atoms with Crippen LogP contribution in [-0.2, 0) is 5.41 Å². The van der Waals surface area contributed by atoms with Crippen molar-refractivity contribution >= 4 is 11.8 Å². The van der Waals surface area contributed by atoms with Crippen LogP contribution in [-0.4, -0.2) is 35.8 Å². The van der Waals surface area contributed by atoms with Crippen molar-refractivity contribution in [3.8, 4) is 0 Å². The molecule has 0 aromatic heterocycles. The largest absolute Gasteiger partial charge is 0.349 e. The maximum absolute atomic E-state index is 13.3. The number of benzene rings is 2. The zero-order valence-corrected chi connectivity index (χ0v) is 16.7. The molecule has 1 N–H and O–H groups in total. The van der Waals surface area contributed by atoms with E-state index in [1.807, 2.05) is 24.3 Å². The van der Waals surface area contributed by atoms with Crippen LogP contribution in [0.5, 0.6) is 0 Å². The fourth-order valence-corrected chi connectivity index (χ4v) is 3.42. The minimum atomic E-state index is -0.412. The third-order valence-electron chi connectivity index (χ3n) is 5.20. The highest BCUT2D eigenvalue weighted by atomic mass is 19.1. The lowest BCUT2D eigenvalue weighted by molar-refractivity contribution is 0.0697. The Morgan fingerprint density at radius 1 is 1.00 bits per heavy atom. The summed E-state index contributed by atoms with van der Waals surface area (Å²) in [6.45, 7) is 7.51. The van der Waals surface area contributed by atoms with Gasteiger partial charge in [-0.15, -0.1) is 0 Å². The molecule has 0 aliphatic carbocycles. The molecular weight excluding hydrogens is 355 g/mol. The molecule has 1 aliphatic heterocycles. The Morgan fingerprint density at radius 3 is 2.21 bits per heavy atom. The molecule has 3 rings (SSSR count). The van der Waals surface area contributed by atoms with Gasteiger partial charge in [-0.05, 0) is 54.2 Å². The molecule has 2 aromatic carbocycles. The van der Waals surface area contributed by atoms with E-state index in [1.54, 1.807) is 17.0 Å². The van der Waals surface area contributed by atoms with Crippen LogP contribution < -0.4 is 5.32 Å². The first-order chi connectivity index (χ1) is 13.2. The Morgan fingerprint density at radius 2 is 1.64 bits per heavy atom. The van der Waals surface area contributed by atoms with Crippen molar-refractivity contribution in [1.29, 1.82) is 0 Å². The average Bonchev–Trinajstić information content (AvgIpc) is 2.67. The number of nitrogens with zero attached hydrogens (tertiary/aromatic N) is 1. The molecule has 0 spiro atoms. The van der Waals surface area contributed by atoms with Gasteiger partial charge in [0.2, 0.25) is 0 Å². The topological polar surface area (TPSA) is 49.4 Å². The van der Waals surface area contributed by atoms with Gasteiger partial charge in [0.25, 0.3) is 11.8 Å². The number of piperidine rings is 1. The maximum Gasteiger partial charge on any atom is 0.253 e. The lowest BCUT2D eigenvalue weighted by Crippen LogP contribution is -2.46. The van der Waals surface area contributed by atoms with Gasteiger partial charge in [0.05, 0.1) is 0 Å². The van der Waals surface area contributed by atoms with Gasteiger partial charge >= 0.3 is 0 Å². The first kappa shape index (κ1) is 20.1. The summed E-state index contributed by atoms with van der Waals surface area (Å²) in [5.74, 6) is -0.664. The molecule has 2 aromatic rings. The summed E-state index contributed by atoms with van der Waals surface area (Å²) in [7, 11) is 0. The van der Waals surface area contributed by atoms with E-state index >= 15 is 0 Å². The molecule has 5 heteroatoms. The van der Waals surface area contributed by atoms with Gasteiger partial charge in [0, 0.05) is 30.3 Å². The second-order valence-corrected chi connectivity index (χ2v) is 8.38. The zero-order valence-electron chi connectivity index (χ0n) is 16.7. The summed E-state index contributed by atoms with van der Waals surface area (Å²) in [5.41, 5.74) is 2.25. The predicted molar refractivity (Wildman–Crippen MR) is 108 cm³/mol. The summed E-state index contributed by atoms with van der Waals surface area (Å²) in [4.78, 5) is 26.7. The Balaban J connectivity index is 1.54. The monoisotopic (exact) mass is 382 g/mol. The van der Waals surface area contributed by atoms with Gasteiger partial charge in [-0.2, -0.15) is 0 Å². The molecule has 1 saturated heterocycles. The van der Waals surface area contributed by atoms with Crippen LogP contribution in [0.2, 0.25) is 0 Å². The van der Waals surface area contributed by atoms with E-state index < -0.39 is 5.82 Å². The molecule has 2 amide bonds. The number of rotatable bonds is 3. The fourth-order valence-electron chi connectivity index (χ4n) is 3.42. The van der Waals surface area contributed by atoms with Crippen molar-refractivity contribution in [3.63, 3.8) is 0 Å². The van der Waals surface area contributed by atoms with Gasteiger partial charge < -0.3 is 10.2 Å². The van der Waals surface area contributed by atoms with Gasteiger partial charge in [0.1, 0.15) is 5.82 Å². The van der Waals surface area contributed by atoms with E-state index in [4.69, 9.17) is 0 Å². The number of halogens is 1. The SMILES string of the molecule is CC(C)(C)c1ccc(C(=O)NC2CCN(C(=O)c3cccc(F)c3)CC2)cc1. The molecule has 1 fully saturated rings. The van der Waals surface area contributed by atoms with Crippen molar-refractivity contribution in [2.45, 2.75) is 45.1 Å². The number of hydrogen-bond donors (Lipinski definition) is 1. The fraction of sp³-hybridized carbons (Fsp3) is 0.391. The lowest BCUT2D eigenvalue weighted by Gasteiger charge is -2.32. The highest BCUT2D eigenvalue weighted by Gasteiger charge is 2.25. The van der Waals surface area contributed by atoms with Gasteiger partial charge in [-0.3, -0.25) is 9.59 Å². The van der Waals surface area contributed by atoms with Crippen molar-refractivity contribution in [2.24, 2.45) is 0 Å². The van der Waals surface area contributed by atoms with Crippen molar-refractivity contribution in [1.82, 2.24) is 10.2 Å². The Bertz CT molecular complexity index is 848. The first-order valence-electron chi connectivity index (χ1n) is 9.70. The predicted octanol–water partition coefficient (Wildman–Crippen LogP) is 4.16. The summed E-state index contributed by atoms with van der Waals surface area (Å²) in [6.07, 6.45) is 1.37. The van der Waals surface area contributed by atoms with Gasteiger partial charge in [-0.25, -0.2) is 4.39 Å². The van der Waals surface area contributed by atoms with Crippen LogP contribution in [0, 0.1) is 5.82 Å². The number of hydrogen-bond acceptors (Lipinski definition) is 2.